The summed E-state index contributed by atoms with van der Waals surface area (Å²) in [6.07, 6.45) is 1.92. The first-order chi connectivity index (χ1) is 9.22. The second-order valence-corrected chi connectivity index (χ2v) is 5.04. The van der Waals surface area contributed by atoms with Gasteiger partial charge in [0.1, 0.15) is 5.82 Å². The van der Waals surface area contributed by atoms with Crippen LogP contribution in [-0.4, -0.2) is 23.2 Å². The SMILES string of the molecule is Cc1ccc(-c2noc(CC3CCNC3)n2)cc1F. The van der Waals surface area contributed by atoms with Gasteiger partial charge in [-0.3, -0.25) is 0 Å². The molecule has 1 aliphatic rings. The zero-order valence-corrected chi connectivity index (χ0v) is 10.8. The average molecular weight is 261 g/mol. The second kappa shape index (κ2) is 5.09. The molecule has 0 radical (unpaired) electrons. The van der Waals surface area contributed by atoms with Gasteiger partial charge in [0.2, 0.25) is 11.7 Å². The third-order valence-corrected chi connectivity index (χ3v) is 3.52. The van der Waals surface area contributed by atoms with Crippen LogP contribution in [0.2, 0.25) is 0 Å². The molecule has 1 atom stereocenters. The summed E-state index contributed by atoms with van der Waals surface area (Å²) in [4.78, 5) is 4.34. The molecule has 3 rings (SSSR count). The molecule has 1 aliphatic heterocycles. The van der Waals surface area contributed by atoms with Crippen molar-refractivity contribution in [3.63, 3.8) is 0 Å². The maximum absolute atomic E-state index is 13.5. The summed E-state index contributed by atoms with van der Waals surface area (Å²) in [5.41, 5.74) is 1.27. The molecule has 1 aromatic carbocycles. The van der Waals surface area contributed by atoms with Crippen LogP contribution in [0.15, 0.2) is 22.7 Å². The number of hydrogen-bond acceptors (Lipinski definition) is 4. The van der Waals surface area contributed by atoms with E-state index in [0.29, 0.717) is 28.8 Å². The highest BCUT2D eigenvalue weighted by molar-refractivity contribution is 5.54. The number of benzene rings is 1. The predicted octanol–water partition coefficient (Wildman–Crippen LogP) is 2.34. The van der Waals surface area contributed by atoms with E-state index < -0.39 is 0 Å². The van der Waals surface area contributed by atoms with Crippen LogP contribution in [0, 0.1) is 18.7 Å². The Bertz CT molecular complexity index is 576. The highest BCUT2D eigenvalue weighted by Gasteiger charge is 2.19. The van der Waals surface area contributed by atoms with Crippen LogP contribution < -0.4 is 5.32 Å². The standard InChI is InChI=1S/C14H16FN3O/c1-9-2-3-11(7-12(9)15)14-17-13(19-18-14)6-10-4-5-16-8-10/h2-3,7,10,16H,4-6,8H2,1H3. The third-order valence-electron chi connectivity index (χ3n) is 3.52. The molecule has 1 fully saturated rings. The molecule has 4 nitrogen and oxygen atoms in total. The van der Waals surface area contributed by atoms with Gasteiger partial charge in [-0.25, -0.2) is 4.39 Å². The zero-order valence-electron chi connectivity index (χ0n) is 10.8. The largest absolute Gasteiger partial charge is 0.339 e. The summed E-state index contributed by atoms with van der Waals surface area (Å²) in [7, 11) is 0. The number of rotatable bonds is 3. The Morgan fingerprint density at radius 2 is 2.37 bits per heavy atom. The third kappa shape index (κ3) is 2.66. The molecule has 0 aliphatic carbocycles. The van der Waals surface area contributed by atoms with Crippen molar-refractivity contribution in [1.29, 1.82) is 0 Å². The number of nitrogens with zero attached hydrogens (tertiary/aromatic N) is 2. The molecule has 5 heteroatoms. The maximum Gasteiger partial charge on any atom is 0.227 e. The van der Waals surface area contributed by atoms with Gasteiger partial charge in [-0.1, -0.05) is 17.3 Å². The first-order valence-electron chi connectivity index (χ1n) is 6.52. The van der Waals surface area contributed by atoms with Crippen molar-refractivity contribution < 1.29 is 8.91 Å². The summed E-state index contributed by atoms with van der Waals surface area (Å²) < 4.78 is 18.7. The number of halogens is 1. The lowest BCUT2D eigenvalue weighted by atomic mass is 10.1. The van der Waals surface area contributed by atoms with Gasteiger partial charge in [0, 0.05) is 12.0 Å². The van der Waals surface area contributed by atoms with Crippen molar-refractivity contribution in [3.8, 4) is 11.4 Å². The van der Waals surface area contributed by atoms with Gasteiger partial charge in [0.25, 0.3) is 0 Å². The van der Waals surface area contributed by atoms with Gasteiger partial charge in [0.05, 0.1) is 0 Å². The Labute approximate surface area is 111 Å². The normalized spacial score (nSPS) is 18.9. The van der Waals surface area contributed by atoms with E-state index in [9.17, 15) is 4.39 Å². The molecule has 1 saturated heterocycles. The van der Waals surface area contributed by atoms with E-state index >= 15 is 0 Å². The Morgan fingerprint density at radius 3 is 3.11 bits per heavy atom. The van der Waals surface area contributed by atoms with Crippen LogP contribution in [-0.2, 0) is 6.42 Å². The van der Waals surface area contributed by atoms with Crippen LogP contribution in [0.5, 0.6) is 0 Å². The van der Waals surface area contributed by atoms with Crippen LogP contribution in [0.1, 0.15) is 17.9 Å². The Balaban J connectivity index is 1.78. The molecule has 1 aromatic heterocycles. The van der Waals surface area contributed by atoms with Crippen molar-refractivity contribution in [1.82, 2.24) is 15.5 Å². The van der Waals surface area contributed by atoms with Gasteiger partial charge < -0.3 is 9.84 Å². The fourth-order valence-corrected chi connectivity index (χ4v) is 2.32. The topological polar surface area (TPSA) is 51.0 Å². The quantitative estimate of drug-likeness (QED) is 0.921. The van der Waals surface area contributed by atoms with Crippen LogP contribution in [0.4, 0.5) is 4.39 Å². The van der Waals surface area contributed by atoms with Gasteiger partial charge in [-0.05, 0) is 44.0 Å². The second-order valence-electron chi connectivity index (χ2n) is 5.04. The van der Waals surface area contributed by atoms with Crippen LogP contribution >= 0.6 is 0 Å². The van der Waals surface area contributed by atoms with E-state index in [-0.39, 0.29) is 5.82 Å². The van der Waals surface area contributed by atoms with E-state index in [2.05, 4.69) is 15.5 Å². The molecule has 0 bridgehead atoms. The smallest absolute Gasteiger partial charge is 0.227 e. The molecular weight excluding hydrogens is 245 g/mol. The number of aryl methyl sites for hydroxylation is 1. The molecule has 0 spiro atoms. The van der Waals surface area contributed by atoms with Gasteiger partial charge in [0.15, 0.2) is 0 Å². The first-order valence-corrected chi connectivity index (χ1v) is 6.52. The highest BCUT2D eigenvalue weighted by Crippen LogP contribution is 2.20. The van der Waals surface area contributed by atoms with Gasteiger partial charge in [-0.15, -0.1) is 0 Å². The number of hydrogen-bond donors (Lipinski definition) is 1. The molecule has 100 valence electrons. The van der Waals surface area contributed by atoms with Crippen molar-refractivity contribution in [2.45, 2.75) is 19.8 Å². The minimum absolute atomic E-state index is 0.246. The lowest BCUT2D eigenvalue weighted by Crippen LogP contribution is -2.10. The summed E-state index contributed by atoms with van der Waals surface area (Å²) in [6, 6.07) is 4.98. The summed E-state index contributed by atoms with van der Waals surface area (Å²) in [5.74, 6) is 1.40. The van der Waals surface area contributed by atoms with Crippen molar-refractivity contribution in [2.24, 2.45) is 5.92 Å². The Morgan fingerprint density at radius 1 is 1.47 bits per heavy atom. The molecule has 1 N–H and O–H groups in total. The molecule has 1 unspecified atom stereocenters. The first kappa shape index (κ1) is 12.3. The van der Waals surface area contributed by atoms with Crippen molar-refractivity contribution in [3.05, 3.63) is 35.5 Å². The average Bonchev–Trinajstić information content (AvgIpc) is 3.05. The molecular formula is C14H16FN3O. The van der Waals surface area contributed by atoms with E-state index in [4.69, 9.17) is 4.52 Å². The molecule has 19 heavy (non-hydrogen) atoms. The van der Waals surface area contributed by atoms with Gasteiger partial charge >= 0.3 is 0 Å². The fourth-order valence-electron chi connectivity index (χ4n) is 2.32. The Kier molecular flexibility index (Phi) is 3.29. The predicted molar refractivity (Wildman–Crippen MR) is 69.1 cm³/mol. The van der Waals surface area contributed by atoms with Crippen LogP contribution in [0.25, 0.3) is 11.4 Å². The molecule has 0 saturated carbocycles. The lowest BCUT2D eigenvalue weighted by Gasteiger charge is -2.02. The zero-order chi connectivity index (χ0) is 13.2. The Hall–Kier alpha value is -1.75. The van der Waals surface area contributed by atoms with Crippen LogP contribution in [0.3, 0.4) is 0 Å². The summed E-state index contributed by atoms with van der Waals surface area (Å²) in [5, 5.41) is 7.23. The van der Waals surface area contributed by atoms with E-state index in [1.807, 2.05) is 6.07 Å². The number of aromatic nitrogens is 2. The summed E-state index contributed by atoms with van der Waals surface area (Å²) >= 11 is 0. The van der Waals surface area contributed by atoms with E-state index in [1.165, 1.54) is 6.07 Å². The van der Waals surface area contributed by atoms with E-state index in [1.54, 1.807) is 13.0 Å². The van der Waals surface area contributed by atoms with Crippen molar-refractivity contribution in [2.75, 3.05) is 13.1 Å². The molecule has 2 heterocycles. The minimum Gasteiger partial charge on any atom is -0.339 e. The molecule has 2 aromatic rings. The summed E-state index contributed by atoms with van der Waals surface area (Å²) in [6.45, 7) is 3.78. The minimum atomic E-state index is -0.246. The number of nitrogens with one attached hydrogen (secondary N) is 1. The maximum atomic E-state index is 13.5. The van der Waals surface area contributed by atoms with E-state index in [0.717, 1.165) is 25.9 Å². The lowest BCUT2D eigenvalue weighted by molar-refractivity contribution is 0.358. The highest BCUT2D eigenvalue weighted by atomic mass is 19.1. The molecule has 0 amide bonds. The van der Waals surface area contributed by atoms with Crippen molar-refractivity contribution >= 4 is 0 Å². The monoisotopic (exact) mass is 261 g/mol. The van der Waals surface area contributed by atoms with Gasteiger partial charge in [-0.2, -0.15) is 4.98 Å². The fraction of sp³-hybridized carbons (Fsp3) is 0.429.